The number of likely N-dealkylation sites (N-methyl/N-ethyl adjacent to an activating group) is 1. The van der Waals surface area contributed by atoms with Gasteiger partial charge in [0.15, 0.2) is 5.82 Å². The van der Waals surface area contributed by atoms with E-state index in [1.165, 1.54) is 5.56 Å². The largest absolute Gasteiger partial charge is 0.336 e. The van der Waals surface area contributed by atoms with Crippen LogP contribution in [0.3, 0.4) is 0 Å². The van der Waals surface area contributed by atoms with Crippen molar-refractivity contribution in [1.82, 2.24) is 30.3 Å². The summed E-state index contributed by atoms with van der Waals surface area (Å²) >= 11 is 1.68. The van der Waals surface area contributed by atoms with E-state index in [-0.39, 0.29) is 12.1 Å². The first kappa shape index (κ1) is 20.0. The number of nitrogens with zero attached hydrogens (tertiary/aromatic N) is 4. The Kier molecular flexibility index (Phi) is 7.16. The molecule has 0 radical (unpaired) electrons. The monoisotopic (exact) mass is 398 g/mol. The van der Waals surface area contributed by atoms with Gasteiger partial charge in [-0.25, -0.2) is 4.79 Å². The van der Waals surface area contributed by atoms with Gasteiger partial charge >= 0.3 is 6.03 Å². The molecule has 0 aliphatic carbocycles. The van der Waals surface area contributed by atoms with E-state index >= 15 is 0 Å². The summed E-state index contributed by atoms with van der Waals surface area (Å²) in [6.07, 6.45) is 1.65. The summed E-state index contributed by atoms with van der Waals surface area (Å²) in [5, 5.41) is 18.2. The van der Waals surface area contributed by atoms with Crippen molar-refractivity contribution in [1.29, 1.82) is 0 Å². The molecule has 2 amide bonds. The van der Waals surface area contributed by atoms with E-state index in [2.05, 4.69) is 56.4 Å². The highest BCUT2D eigenvalue weighted by atomic mass is 32.1. The summed E-state index contributed by atoms with van der Waals surface area (Å²) in [4.78, 5) is 14.7. The second-order valence-electron chi connectivity index (χ2n) is 6.31. The number of urea groups is 1. The maximum absolute atomic E-state index is 12.4. The van der Waals surface area contributed by atoms with E-state index < -0.39 is 0 Å². The summed E-state index contributed by atoms with van der Waals surface area (Å²) in [5.74, 6) is 0.680. The maximum atomic E-state index is 12.4. The molecule has 2 N–H and O–H groups in total. The molecule has 0 aliphatic heterocycles. The van der Waals surface area contributed by atoms with Gasteiger partial charge < -0.3 is 10.6 Å². The molecule has 7 nitrogen and oxygen atoms in total. The molecule has 1 atom stereocenters. The number of aromatic nitrogens is 3. The van der Waals surface area contributed by atoms with Crippen molar-refractivity contribution >= 4 is 17.4 Å². The zero-order chi connectivity index (χ0) is 19.8. The summed E-state index contributed by atoms with van der Waals surface area (Å²) in [6, 6.07) is 11.9. The molecule has 0 aliphatic rings. The molecule has 0 spiro atoms. The minimum atomic E-state index is -0.213. The van der Waals surface area contributed by atoms with Crippen LogP contribution in [0.1, 0.15) is 31.3 Å². The van der Waals surface area contributed by atoms with Crippen LogP contribution >= 0.6 is 11.3 Å². The normalized spacial score (nSPS) is 12.1. The van der Waals surface area contributed by atoms with E-state index in [9.17, 15) is 4.79 Å². The predicted molar refractivity (Wildman–Crippen MR) is 112 cm³/mol. The van der Waals surface area contributed by atoms with Gasteiger partial charge in [-0.05, 0) is 47.6 Å². The summed E-state index contributed by atoms with van der Waals surface area (Å²) in [7, 11) is 0. The number of thiophene rings is 1. The molecule has 2 aromatic heterocycles. The fourth-order valence-corrected chi connectivity index (χ4v) is 3.89. The molecule has 8 heteroatoms. The minimum absolute atomic E-state index is 0.167. The number of amides is 2. The smallest absolute Gasteiger partial charge is 0.315 e. The molecule has 1 unspecified atom stereocenters. The molecule has 0 saturated carbocycles. The lowest BCUT2D eigenvalue weighted by Crippen LogP contribution is -2.42. The lowest BCUT2D eigenvalue weighted by Gasteiger charge is -2.29. The van der Waals surface area contributed by atoms with Gasteiger partial charge in [-0.2, -0.15) is 11.3 Å². The van der Waals surface area contributed by atoms with E-state index in [4.69, 9.17) is 0 Å². The van der Waals surface area contributed by atoms with Gasteiger partial charge in [0.25, 0.3) is 0 Å². The van der Waals surface area contributed by atoms with Crippen LogP contribution in [-0.2, 0) is 6.54 Å². The van der Waals surface area contributed by atoms with Crippen LogP contribution in [0.5, 0.6) is 0 Å². The third-order valence-electron chi connectivity index (χ3n) is 4.70. The highest BCUT2D eigenvalue weighted by Gasteiger charge is 2.19. The van der Waals surface area contributed by atoms with E-state index in [1.807, 2.05) is 34.9 Å². The maximum Gasteiger partial charge on any atom is 0.315 e. The van der Waals surface area contributed by atoms with Crippen molar-refractivity contribution < 1.29 is 4.79 Å². The molecule has 28 heavy (non-hydrogen) atoms. The second-order valence-corrected chi connectivity index (χ2v) is 7.09. The number of carbonyl (C=O) groups excluding carboxylic acids is 1. The predicted octanol–water partition coefficient (Wildman–Crippen LogP) is 3.21. The van der Waals surface area contributed by atoms with Gasteiger partial charge in [-0.15, -0.1) is 10.2 Å². The molecule has 2 heterocycles. The van der Waals surface area contributed by atoms with E-state index in [0.717, 1.165) is 18.8 Å². The number of hydrogen-bond donors (Lipinski definition) is 2. The lowest BCUT2D eigenvalue weighted by atomic mass is 10.1. The standard InChI is InChI=1S/C20H26N6OS/c1-3-25(4-2)18(16-10-11-28-14-16)12-21-20(27)22-13-19-24-23-15-26(19)17-8-6-5-7-9-17/h5-11,14-15,18H,3-4,12-13H2,1-2H3,(H2,21,22,27). The number of rotatable bonds is 9. The topological polar surface area (TPSA) is 75.1 Å². The van der Waals surface area contributed by atoms with Crippen molar-refractivity contribution in [2.24, 2.45) is 0 Å². The Balaban J connectivity index is 1.57. The number of carbonyl (C=O) groups is 1. The first-order valence-electron chi connectivity index (χ1n) is 9.45. The van der Waals surface area contributed by atoms with Crippen LogP contribution in [0.2, 0.25) is 0 Å². The molecule has 0 bridgehead atoms. The second kappa shape index (κ2) is 10.0. The van der Waals surface area contributed by atoms with Crippen molar-refractivity contribution in [2.75, 3.05) is 19.6 Å². The molecule has 3 aromatic rings. The Morgan fingerprint density at radius 1 is 1.18 bits per heavy atom. The molecular weight excluding hydrogens is 372 g/mol. The van der Waals surface area contributed by atoms with Gasteiger partial charge in [0.05, 0.1) is 12.6 Å². The van der Waals surface area contributed by atoms with Gasteiger partial charge in [-0.3, -0.25) is 9.47 Å². The van der Waals surface area contributed by atoms with Crippen molar-refractivity contribution in [3.8, 4) is 5.69 Å². The average Bonchev–Trinajstić information content (AvgIpc) is 3.42. The Hall–Kier alpha value is -2.71. The van der Waals surface area contributed by atoms with Crippen molar-refractivity contribution in [3.63, 3.8) is 0 Å². The molecule has 3 rings (SSSR count). The van der Waals surface area contributed by atoms with E-state index in [1.54, 1.807) is 17.7 Å². The Bertz CT molecular complexity index is 845. The fraction of sp³-hybridized carbons (Fsp3) is 0.350. The first-order valence-corrected chi connectivity index (χ1v) is 10.4. The van der Waals surface area contributed by atoms with Crippen LogP contribution in [0, 0.1) is 0 Å². The van der Waals surface area contributed by atoms with Gasteiger partial charge in [0.2, 0.25) is 0 Å². The third-order valence-corrected chi connectivity index (χ3v) is 5.40. The Morgan fingerprint density at radius 3 is 2.64 bits per heavy atom. The highest BCUT2D eigenvalue weighted by Crippen LogP contribution is 2.22. The Labute approximate surface area is 169 Å². The van der Waals surface area contributed by atoms with Gasteiger partial charge in [0.1, 0.15) is 6.33 Å². The van der Waals surface area contributed by atoms with E-state index in [0.29, 0.717) is 18.9 Å². The summed E-state index contributed by atoms with van der Waals surface area (Å²) in [6.45, 7) is 6.99. The van der Waals surface area contributed by atoms with Crippen molar-refractivity contribution in [2.45, 2.75) is 26.4 Å². The number of nitrogens with one attached hydrogen (secondary N) is 2. The molecule has 0 saturated heterocycles. The molecule has 1 aromatic carbocycles. The van der Waals surface area contributed by atoms with Crippen LogP contribution in [-0.4, -0.2) is 45.3 Å². The van der Waals surface area contributed by atoms with Crippen molar-refractivity contribution in [3.05, 3.63) is 64.9 Å². The van der Waals surface area contributed by atoms with Crippen LogP contribution in [0.15, 0.2) is 53.5 Å². The number of para-hydroxylation sites is 1. The quantitative estimate of drug-likeness (QED) is 0.580. The average molecular weight is 399 g/mol. The molecule has 148 valence electrons. The minimum Gasteiger partial charge on any atom is -0.336 e. The third kappa shape index (κ3) is 4.96. The van der Waals surface area contributed by atoms with Gasteiger partial charge in [0, 0.05) is 12.2 Å². The summed E-state index contributed by atoms with van der Waals surface area (Å²) < 4.78 is 1.87. The zero-order valence-electron chi connectivity index (χ0n) is 16.2. The number of benzene rings is 1. The van der Waals surface area contributed by atoms with Gasteiger partial charge in [-0.1, -0.05) is 32.0 Å². The highest BCUT2D eigenvalue weighted by molar-refractivity contribution is 7.07. The van der Waals surface area contributed by atoms with Crippen LogP contribution < -0.4 is 10.6 Å². The zero-order valence-corrected chi connectivity index (χ0v) is 17.0. The molecular formula is C20H26N6OS. The number of hydrogen-bond acceptors (Lipinski definition) is 5. The Morgan fingerprint density at radius 2 is 1.96 bits per heavy atom. The summed E-state index contributed by atoms with van der Waals surface area (Å²) in [5.41, 5.74) is 2.20. The first-order chi connectivity index (χ1) is 13.7. The van der Waals surface area contributed by atoms with Crippen LogP contribution in [0.25, 0.3) is 5.69 Å². The van der Waals surface area contributed by atoms with Crippen LogP contribution in [0.4, 0.5) is 4.79 Å². The molecule has 0 fully saturated rings. The fourth-order valence-electron chi connectivity index (χ4n) is 3.18. The SMILES string of the molecule is CCN(CC)C(CNC(=O)NCc1nncn1-c1ccccc1)c1ccsc1. The lowest BCUT2D eigenvalue weighted by molar-refractivity contribution is 0.206.